The maximum atomic E-state index is 12.0. The molecule has 1 heterocycles. The van der Waals surface area contributed by atoms with Gasteiger partial charge >= 0.3 is 5.97 Å². The molecule has 1 fully saturated rings. The van der Waals surface area contributed by atoms with E-state index in [9.17, 15) is 9.59 Å². The zero-order valence-electron chi connectivity index (χ0n) is 13.8. The Kier molecular flexibility index (Phi) is 3.92. The van der Waals surface area contributed by atoms with E-state index in [1.54, 1.807) is 0 Å². The van der Waals surface area contributed by atoms with Crippen LogP contribution in [0.2, 0.25) is 0 Å². The largest absolute Gasteiger partial charge is 0.481 e. The summed E-state index contributed by atoms with van der Waals surface area (Å²) in [5, 5.41) is 11.7. The van der Waals surface area contributed by atoms with Crippen molar-refractivity contribution in [2.24, 2.45) is 11.8 Å². The molecule has 1 aliphatic carbocycles. The van der Waals surface area contributed by atoms with Gasteiger partial charge in [0.05, 0.1) is 11.8 Å². The van der Waals surface area contributed by atoms with Crippen molar-refractivity contribution in [3.8, 4) is 0 Å². The van der Waals surface area contributed by atoms with Gasteiger partial charge in [-0.2, -0.15) is 0 Å². The maximum Gasteiger partial charge on any atom is 0.307 e. The minimum absolute atomic E-state index is 0.200. The number of hydrogen-bond donors (Lipinski definition) is 2. The third-order valence-electron chi connectivity index (χ3n) is 5.02. The molecule has 0 spiro atoms. The number of para-hydroxylation sites is 1. The predicted molar refractivity (Wildman–Crippen MR) is 95.5 cm³/mol. The van der Waals surface area contributed by atoms with E-state index in [2.05, 4.69) is 34.5 Å². The van der Waals surface area contributed by atoms with Crippen molar-refractivity contribution in [2.75, 3.05) is 16.8 Å². The molecular weight excluding hydrogens is 316 g/mol. The monoisotopic (exact) mass is 336 g/mol. The highest BCUT2D eigenvalue weighted by Gasteiger charge is 2.48. The molecular formula is C20H20N2O3. The molecule has 2 aromatic carbocycles. The van der Waals surface area contributed by atoms with Gasteiger partial charge < -0.3 is 15.3 Å². The lowest BCUT2D eigenvalue weighted by molar-refractivity contribution is -0.139. The fraction of sp³-hybridized carbons (Fsp3) is 0.300. The van der Waals surface area contributed by atoms with E-state index in [-0.39, 0.29) is 5.91 Å². The quantitative estimate of drug-likeness (QED) is 0.881. The molecule has 2 unspecified atom stereocenters. The lowest BCUT2D eigenvalue weighted by atomic mass is 10.1. The summed E-state index contributed by atoms with van der Waals surface area (Å²) < 4.78 is 0. The molecule has 5 heteroatoms. The number of carbonyl (C=O) groups excluding carboxylic acids is 1. The second-order valence-corrected chi connectivity index (χ2v) is 6.77. The summed E-state index contributed by atoms with van der Waals surface area (Å²) >= 11 is 0. The number of carboxylic acid groups (broad SMARTS) is 1. The fourth-order valence-electron chi connectivity index (χ4n) is 3.48. The van der Waals surface area contributed by atoms with Crippen molar-refractivity contribution < 1.29 is 14.7 Å². The molecule has 0 radical (unpaired) electrons. The number of carboxylic acids is 1. The fourth-order valence-corrected chi connectivity index (χ4v) is 3.48. The Balaban J connectivity index is 1.37. The topological polar surface area (TPSA) is 69.6 Å². The van der Waals surface area contributed by atoms with Gasteiger partial charge in [-0.25, -0.2) is 0 Å². The van der Waals surface area contributed by atoms with Gasteiger partial charge in [0, 0.05) is 24.5 Å². The van der Waals surface area contributed by atoms with E-state index in [1.807, 2.05) is 24.3 Å². The van der Waals surface area contributed by atoms with E-state index in [4.69, 9.17) is 5.11 Å². The van der Waals surface area contributed by atoms with Crippen LogP contribution >= 0.6 is 0 Å². The van der Waals surface area contributed by atoms with E-state index in [1.165, 1.54) is 16.8 Å². The number of hydrogen-bond acceptors (Lipinski definition) is 3. The van der Waals surface area contributed by atoms with Crippen molar-refractivity contribution in [1.29, 1.82) is 0 Å². The maximum absolute atomic E-state index is 12.0. The molecule has 0 saturated heterocycles. The average Bonchev–Trinajstić information content (AvgIpc) is 3.33. The summed E-state index contributed by atoms with van der Waals surface area (Å²) in [6.07, 6.45) is 1.52. The van der Waals surface area contributed by atoms with E-state index in [0.717, 1.165) is 19.5 Å². The van der Waals surface area contributed by atoms with Crippen LogP contribution in [0.5, 0.6) is 0 Å². The van der Waals surface area contributed by atoms with Crippen LogP contribution < -0.4 is 10.2 Å². The first-order valence-corrected chi connectivity index (χ1v) is 8.57. The van der Waals surface area contributed by atoms with Gasteiger partial charge in [-0.15, -0.1) is 0 Å². The highest BCUT2D eigenvalue weighted by Crippen LogP contribution is 2.39. The lowest BCUT2D eigenvalue weighted by Crippen LogP contribution is -2.19. The van der Waals surface area contributed by atoms with Crippen molar-refractivity contribution in [1.82, 2.24) is 0 Å². The highest BCUT2D eigenvalue weighted by molar-refractivity contribution is 5.98. The molecule has 0 bridgehead atoms. The smallest absolute Gasteiger partial charge is 0.307 e. The molecule has 1 saturated carbocycles. The Hall–Kier alpha value is -2.82. The number of amides is 1. The number of nitrogens with one attached hydrogen (secondary N) is 1. The summed E-state index contributed by atoms with van der Waals surface area (Å²) in [5.74, 6) is -2.00. The first kappa shape index (κ1) is 15.7. The molecule has 128 valence electrons. The van der Waals surface area contributed by atoms with Crippen LogP contribution in [-0.4, -0.2) is 23.5 Å². The SMILES string of the molecule is O=C(O)C1CC1C(=O)Nc1ccc(CN2CCc3ccccc32)cc1. The van der Waals surface area contributed by atoms with Crippen LogP contribution in [0.1, 0.15) is 17.5 Å². The van der Waals surface area contributed by atoms with Crippen LogP contribution in [0, 0.1) is 11.8 Å². The predicted octanol–water partition coefficient (Wildman–Crippen LogP) is 2.91. The summed E-state index contributed by atoms with van der Waals surface area (Å²) in [4.78, 5) is 25.2. The van der Waals surface area contributed by atoms with E-state index >= 15 is 0 Å². The van der Waals surface area contributed by atoms with Crippen molar-refractivity contribution in [3.05, 3.63) is 59.7 Å². The van der Waals surface area contributed by atoms with E-state index < -0.39 is 17.8 Å². The highest BCUT2D eigenvalue weighted by atomic mass is 16.4. The van der Waals surface area contributed by atoms with Gasteiger partial charge in [-0.1, -0.05) is 30.3 Å². The Bertz CT molecular complexity index is 816. The third-order valence-corrected chi connectivity index (χ3v) is 5.02. The molecule has 1 amide bonds. The third kappa shape index (κ3) is 3.22. The summed E-state index contributed by atoms with van der Waals surface area (Å²) in [6.45, 7) is 1.87. The standard InChI is InChI=1S/C20H20N2O3/c23-19(16-11-17(16)20(24)25)21-15-7-5-13(6-8-15)12-22-10-9-14-3-1-2-4-18(14)22/h1-8,16-17H,9-12H2,(H,21,23)(H,24,25). The van der Waals surface area contributed by atoms with Crippen LogP contribution in [0.3, 0.4) is 0 Å². The molecule has 2 N–H and O–H groups in total. The number of rotatable bonds is 5. The lowest BCUT2D eigenvalue weighted by Gasteiger charge is -2.19. The van der Waals surface area contributed by atoms with E-state index in [0.29, 0.717) is 12.1 Å². The van der Waals surface area contributed by atoms with Gasteiger partial charge in [-0.05, 0) is 42.2 Å². The molecule has 5 nitrogen and oxygen atoms in total. The molecule has 2 atom stereocenters. The van der Waals surface area contributed by atoms with Crippen molar-refractivity contribution in [2.45, 2.75) is 19.4 Å². The zero-order valence-corrected chi connectivity index (χ0v) is 13.8. The van der Waals surface area contributed by atoms with Crippen LogP contribution in [-0.2, 0) is 22.6 Å². The van der Waals surface area contributed by atoms with Crippen molar-refractivity contribution in [3.63, 3.8) is 0 Å². The number of aliphatic carboxylic acids is 1. The molecule has 2 aliphatic rings. The summed E-state index contributed by atoms with van der Waals surface area (Å²) in [7, 11) is 0. The number of carbonyl (C=O) groups is 2. The first-order chi connectivity index (χ1) is 12.1. The Morgan fingerprint density at radius 1 is 1.08 bits per heavy atom. The molecule has 0 aromatic heterocycles. The normalized spacial score (nSPS) is 20.9. The zero-order chi connectivity index (χ0) is 17.4. The molecule has 4 rings (SSSR count). The van der Waals surface area contributed by atoms with Gasteiger partial charge in [0.25, 0.3) is 0 Å². The van der Waals surface area contributed by atoms with Gasteiger partial charge in [0.2, 0.25) is 5.91 Å². The Morgan fingerprint density at radius 3 is 2.56 bits per heavy atom. The number of anilines is 2. The van der Waals surface area contributed by atoms with Crippen molar-refractivity contribution >= 4 is 23.3 Å². The summed E-state index contributed by atoms with van der Waals surface area (Å²) in [5.41, 5.74) is 4.59. The second-order valence-electron chi connectivity index (χ2n) is 6.77. The Morgan fingerprint density at radius 2 is 1.84 bits per heavy atom. The first-order valence-electron chi connectivity index (χ1n) is 8.57. The van der Waals surface area contributed by atoms with Gasteiger partial charge in [-0.3, -0.25) is 9.59 Å². The second kappa shape index (κ2) is 6.24. The molecule has 2 aromatic rings. The number of nitrogens with zero attached hydrogens (tertiary/aromatic N) is 1. The van der Waals surface area contributed by atoms with Gasteiger partial charge in [0.15, 0.2) is 0 Å². The van der Waals surface area contributed by atoms with Gasteiger partial charge in [0.1, 0.15) is 0 Å². The number of benzene rings is 2. The van der Waals surface area contributed by atoms with Crippen LogP contribution in [0.4, 0.5) is 11.4 Å². The average molecular weight is 336 g/mol. The van der Waals surface area contributed by atoms with Crippen LogP contribution in [0.25, 0.3) is 0 Å². The molecule has 25 heavy (non-hydrogen) atoms. The van der Waals surface area contributed by atoms with Crippen LogP contribution in [0.15, 0.2) is 48.5 Å². The minimum Gasteiger partial charge on any atom is -0.481 e. The number of fused-ring (bicyclic) bond motifs is 1. The molecule has 1 aliphatic heterocycles. The summed E-state index contributed by atoms with van der Waals surface area (Å²) in [6, 6.07) is 16.3. The Labute approximate surface area is 146 Å². The minimum atomic E-state index is -0.888.